The predicted octanol–water partition coefficient (Wildman–Crippen LogP) is 0.363. The van der Waals surface area contributed by atoms with E-state index in [-0.39, 0.29) is 36.7 Å². The summed E-state index contributed by atoms with van der Waals surface area (Å²) in [5.74, 6) is -0.285. The second-order valence-corrected chi connectivity index (χ2v) is 4.50. The van der Waals surface area contributed by atoms with Gasteiger partial charge in [0.2, 0.25) is 11.8 Å². The summed E-state index contributed by atoms with van der Waals surface area (Å²) in [6.07, 6.45) is 3.92. The van der Waals surface area contributed by atoms with Crippen LogP contribution in [-0.4, -0.2) is 34.7 Å². The minimum absolute atomic E-state index is 0. The molecule has 0 aliphatic heterocycles. The number of anilines is 1. The lowest BCUT2D eigenvalue weighted by molar-refractivity contribution is -0.121. The van der Waals surface area contributed by atoms with E-state index in [1.807, 2.05) is 13.8 Å². The van der Waals surface area contributed by atoms with Gasteiger partial charge in [0.05, 0.1) is 17.9 Å². The minimum Gasteiger partial charge on any atom is -0.358 e. The highest BCUT2D eigenvalue weighted by Gasteiger charge is 2.19. The first-order valence-electron chi connectivity index (χ1n) is 6.27. The van der Waals surface area contributed by atoms with E-state index in [0.29, 0.717) is 5.69 Å². The molecule has 1 aromatic rings. The van der Waals surface area contributed by atoms with Gasteiger partial charge in [0.15, 0.2) is 0 Å². The highest BCUT2D eigenvalue weighted by molar-refractivity contribution is 5.94. The van der Waals surface area contributed by atoms with Crippen molar-refractivity contribution in [2.45, 2.75) is 32.9 Å². The second-order valence-electron chi connectivity index (χ2n) is 4.50. The SMILES string of the molecule is CCC(C)C(N)C(=O)Nc1cnn(CC(=O)NC)c1.Cl. The summed E-state index contributed by atoms with van der Waals surface area (Å²) < 4.78 is 1.45. The second kappa shape index (κ2) is 8.55. The van der Waals surface area contributed by atoms with Gasteiger partial charge in [-0.1, -0.05) is 20.3 Å². The van der Waals surface area contributed by atoms with Crippen molar-refractivity contribution in [3.05, 3.63) is 12.4 Å². The van der Waals surface area contributed by atoms with E-state index in [4.69, 9.17) is 5.73 Å². The molecule has 0 saturated carbocycles. The maximum Gasteiger partial charge on any atom is 0.241 e. The maximum atomic E-state index is 11.8. The minimum atomic E-state index is -0.549. The number of halogens is 1. The number of nitrogens with one attached hydrogen (secondary N) is 2. The maximum absolute atomic E-state index is 11.8. The molecule has 2 amide bonds. The van der Waals surface area contributed by atoms with Gasteiger partial charge in [0.1, 0.15) is 6.54 Å². The Morgan fingerprint density at radius 1 is 1.50 bits per heavy atom. The smallest absolute Gasteiger partial charge is 0.241 e. The van der Waals surface area contributed by atoms with E-state index < -0.39 is 6.04 Å². The Kier molecular flexibility index (Phi) is 7.86. The molecule has 114 valence electrons. The number of amides is 2. The lowest BCUT2D eigenvalue weighted by Gasteiger charge is -2.16. The van der Waals surface area contributed by atoms with Gasteiger partial charge in [-0.3, -0.25) is 14.3 Å². The summed E-state index contributed by atoms with van der Waals surface area (Å²) in [6, 6.07) is -0.549. The van der Waals surface area contributed by atoms with Gasteiger partial charge in [-0.15, -0.1) is 12.4 Å². The van der Waals surface area contributed by atoms with E-state index in [2.05, 4.69) is 15.7 Å². The van der Waals surface area contributed by atoms with Crippen molar-refractivity contribution in [3.63, 3.8) is 0 Å². The van der Waals surface area contributed by atoms with Crippen molar-refractivity contribution in [2.24, 2.45) is 11.7 Å². The lowest BCUT2D eigenvalue weighted by Crippen LogP contribution is -2.40. The molecule has 20 heavy (non-hydrogen) atoms. The van der Waals surface area contributed by atoms with E-state index in [1.165, 1.54) is 10.9 Å². The quantitative estimate of drug-likeness (QED) is 0.706. The molecule has 0 aliphatic carbocycles. The Labute approximate surface area is 124 Å². The fraction of sp³-hybridized carbons (Fsp3) is 0.583. The normalized spacial score (nSPS) is 13.0. The van der Waals surface area contributed by atoms with Gasteiger partial charge >= 0.3 is 0 Å². The molecule has 0 spiro atoms. The largest absolute Gasteiger partial charge is 0.358 e. The van der Waals surface area contributed by atoms with Gasteiger partial charge in [0, 0.05) is 13.2 Å². The van der Waals surface area contributed by atoms with Crippen LogP contribution in [0.1, 0.15) is 20.3 Å². The van der Waals surface area contributed by atoms with Crippen LogP contribution in [0.25, 0.3) is 0 Å². The van der Waals surface area contributed by atoms with Crippen molar-refractivity contribution < 1.29 is 9.59 Å². The highest BCUT2D eigenvalue weighted by Crippen LogP contribution is 2.10. The molecule has 0 bridgehead atoms. The molecule has 1 rings (SSSR count). The molecule has 1 aromatic heterocycles. The summed E-state index contributed by atoms with van der Waals surface area (Å²) in [4.78, 5) is 23.0. The standard InChI is InChI=1S/C12H21N5O2.ClH/c1-4-8(2)11(13)12(19)16-9-5-15-17(6-9)7-10(18)14-3;/h5-6,8,11H,4,7,13H2,1-3H3,(H,14,18)(H,16,19);1H. The van der Waals surface area contributed by atoms with Crippen LogP contribution in [0.4, 0.5) is 5.69 Å². The summed E-state index contributed by atoms with van der Waals surface area (Å²) in [5, 5.41) is 9.17. The molecule has 0 fully saturated rings. The van der Waals surface area contributed by atoms with Crippen LogP contribution in [0, 0.1) is 5.92 Å². The van der Waals surface area contributed by atoms with Gasteiger partial charge in [-0.2, -0.15) is 5.10 Å². The lowest BCUT2D eigenvalue weighted by atomic mass is 9.99. The van der Waals surface area contributed by atoms with Crippen molar-refractivity contribution in [1.29, 1.82) is 0 Å². The molecule has 2 atom stereocenters. The summed E-state index contributed by atoms with van der Waals surface area (Å²) in [7, 11) is 1.56. The Balaban J connectivity index is 0.00000361. The zero-order chi connectivity index (χ0) is 14.4. The van der Waals surface area contributed by atoms with Gasteiger partial charge < -0.3 is 16.4 Å². The number of aromatic nitrogens is 2. The van der Waals surface area contributed by atoms with Crippen LogP contribution in [0.5, 0.6) is 0 Å². The fourth-order valence-corrected chi connectivity index (χ4v) is 1.48. The fourth-order valence-electron chi connectivity index (χ4n) is 1.48. The first kappa shape index (κ1) is 18.4. The van der Waals surface area contributed by atoms with Crippen LogP contribution >= 0.6 is 12.4 Å². The van der Waals surface area contributed by atoms with Crippen LogP contribution in [-0.2, 0) is 16.1 Å². The molecule has 0 aliphatic rings. The number of nitrogens with two attached hydrogens (primary N) is 1. The topological polar surface area (TPSA) is 102 Å². The molecule has 0 radical (unpaired) electrons. The van der Waals surface area contributed by atoms with Crippen LogP contribution in [0.2, 0.25) is 0 Å². The number of hydrogen-bond donors (Lipinski definition) is 3. The Hall–Kier alpha value is -1.60. The average Bonchev–Trinajstić information content (AvgIpc) is 2.83. The number of carbonyl (C=O) groups excluding carboxylic acids is 2. The molecular formula is C12H22ClN5O2. The summed E-state index contributed by atoms with van der Waals surface area (Å²) in [6.45, 7) is 4.03. The van der Waals surface area contributed by atoms with E-state index in [1.54, 1.807) is 13.2 Å². The Bertz CT molecular complexity index is 449. The monoisotopic (exact) mass is 303 g/mol. The van der Waals surface area contributed by atoms with Crippen molar-refractivity contribution in [3.8, 4) is 0 Å². The zero-order valence-electron chi connectivity index (χ0n) is 11.9. The van der Waals surface area contributed by atoms with Crippen LogP contribution < -0.4 is 16.4 Å². The van der Waals surface area contributed by atoms with Crippen molar-refractivity contribution >= 4 is 29.9 Å². The average molecular weight is 304 g/mol. The number of hydrogen-bond acceptors (Lipinski definition) is 4. The number of likely N-dealkylation sites (N-methyl/N-ethyl adjacent to an activating group) is 1. The molecule has 0 aromatic carbocycles. The third-order valence-electron chi connectivity index (χ3n) is 3.04. The molecule has 2 unspecified atom stereocenters. The van der Waals surface area contributed by atoms with E-state index in [9.17, 15) is 9.59 Å². The molecule has 7 nitrogen and oxygen atoms in total. The van der Waals surface area contributed by atoms with Crippen LogP contribution in [0.3, 0.4) is 0 Å². The summed E-state index contributed by atoms with van der Waals surface area (Å²) >= 11 is 0. The van der Waals surface area contributed by atoms with Gasteiger partial charge in [0.25, 0.3) is 0 Å². The first-order valence-corrected chi connectivity index (χ1v) is 6.27. The Morgan fingerprint density at radius 2 is 2.15 bits per heavy atom. The molecule has 0 saturated heterocycles. The van der Waals surface area contributed by atoms with Gasteiger partial charge in [-0.05, 0) is 5.92 Å². The number of rotatable bonds is 6. The Morgan fingerprint density at radius 3 is 2.70 bits per heavy atom. The van der Waals surface area contributed by atoms with E-state index in [0.717, 1.165) is 6.42 Å². The van der Waals surface area contributed by atoms with E-state index >= 15 is 0 Å². The third kappa shape index (κ3) is 5.18. The number of carbonyl (C=O) groups is 2. The third-order valence-corrected chi connectivity index (χ3v) is 3.04. The molecular weight excluding hydrogens is 282 g/mol. The zero-order valence-corrected chi connectivity index (χ0v) is 12.7. The van der Waals surface area contributed by atoms with Crippen molar-refractivity contribution in [2.75, 3.05) is 12.4 Å². The van der Waals surface area contributed by atoms with Crippen molar-refractivity contribution in [1.82, 2.24) is 15.1 Å². The first-order chi connectivity index (χ1) is 8.97. The van der Waals surface area contributed by atoms with Crippen LogP contribution in [0.15, 0.2) is 12.4 Å². The van der Waals surface area contributed by atoms with Gasteiger partial charge in [-0.25, -0.2) is 0 Å². The summed E-state index contributed by atoms with van der Waals surface area (Å²) in [5.41, 5.74) is 6.36. The molecule has 1 heterocycles. The predicted molar refractivity (Wildman–Crippen MR) is 79.6 cm³/mol. The highest BCUT2D eigenvalue weighted by atomic mass is 35.5. The molecule has 4 N–H and O–H groups in total. The molecule has 8 heteroatoms. The number of nitrogens with zero attached hydrogens (tertiary/aromatic N) is 2.